The third-order valence-electron chi connectivity index (χ3n) is 5.51. The van der Waals surface area contributed by atoms with Crippen molar-refractivity contribution in [2.24, 2.45) is 0 Å². The summed E-state index contributed by atoms with van der Waals surface area (Å²) in [4.78, 5) is 40.3. The summed E-state index contributed by atoms with van der Waals surface area (Å²) in [5, 5.41) is 2.82. The summed E-state index contributed by atoms with van der Waals surface area (Å²) in [5.74, 6) is -1.38. The molecule has 1 aromatic rings. The van der Waals surface area contributed by atoms with Gasteiger partial charge in [0.15, 0.2) is 5.78 Å². The molecule has 0 aromatic heterocycles. The lowest BCUT2D eigenvalue weighted by Gasteiger charge is -2.43. The molecule has 0 spiro atoms. The van der Waals surface area contributed by atoms with Crippen molar-refractivity contribution in [2.75, 3.05) is 20.2 Å². The van der Waals surface area contributed by atoms with Crippen LogP contribution in [0.2, 0.25) is 0 Å². The zero-order valence-corrected chi connectivity index (χ0v) is 15.5. The van der Waals surface area contributed by atoms with Crippen molar-refractivity contribution in [1.82, 2.24) is 10.2 Å². The molecule has 140 valence electrons. The largest absolute Gasteiger partial charge is 0.466 e. The molecule has 2 heterocycles. The Kier molecular flexibility index (Phi) is 4.34. The quantitative estimate of drug-likeness (QED) is 0.810. The third-order valence-corrected chi connectivity index (χ3v) is 5.51. The lowest BCUT2D eigenvalue weighted by Crippen LogP contribution is -2.50. The fourth-order valence-corrected chi connectivity index (χ4v) is 4.29. The third kappa shape index (κ3) is 2.76. The number of hydrogen-bond donors (Lipinski definition) is 1. The summed E-state index contributed by atoms with van der Waals surface area (Å²) in [6.07, 6.45) is 1.96. The molecular formula is C21H22N2O4. The number of carbonyl (C=O) groups is 3. The molecular weight excluding hydrogens is 344 g/mol. The van der Waals surface area contributed by atoms with Crippen LogP contribution in [0.15, 0.2) is 46.8 Å². The maximum atomic E-state index is 12.9. The summed E-state index contributed by atoms with van der Waals surface area (Å²) < 4.78 is 5.04. The molecule has 0 radical (unpaired) electrons. The van der Waals surface area contributed by atoms with Gasteiger partial charge in [0, 0.05) is 36.7 Å². The number of esters is 1. The lowest BCUT2D eigenvalue weighted by atomic mass is 9.74. The van der Waals surface area contributed by atoms with E-state index in [-0.39, 0.29) is 17.3 Å². The van der Waals surface area contributed by atoms with Crippen molar-refractivity contribution >= 4 is 17.7 Å². The van der Waals surface area contributed by atoms with E-state index >= 15 is 0 Å². The molecule has 6 heteroatoms. The number of fused-ring (bicyclic) bond motifs is 2. The smallest absolute Gasteiger partial charge is 0.337 e. The van der Waals surface area contributed by atoms with Crippen LogP contribution >= 0.6 is 0 Å². The molecule has 1 amide bonds. The molecule has 1 aromatic carbocycles. The number of nitrogens with one attached hydrogen (secondary N) is 1. The molecule has 6 nitrogen and oxygen atoms in total. The van der Waals surface area contributed by atoms with Crippen molar-refractivity contribution in [3.63, 3.8) is 0 Å². The second-order valence-electron chi connectivity index (χ2n) is 7.14. The highest BCUT2D eigenvalue weighted by atomic mass is 16.5. The van der Waals surface area contributed by atoms with Gasteiger partial charge in [0.1, 0.15) is 5.70 Å². The van der Waals surface area contributed by atoms with E-state index in [9.17, 15) is 14.4 Å². The summed E-state index contributed by atoms with van der Waals surface area (Å²) in [7, 11) is 1.31. The number of nitrogens with zero attached hydrogens (tertiary/aromatic N) is 1. The average molecular weight is 366 g/mol. The summed E-state index contributed by atoms with van der Waals surface area (Å²) in [5.41, 5.74) is 4.02. The summed E-state index contributed by atoms with van der Waals surface area (Å²) >= 11 is 0. The van der Waals surface area contributed by atoms with Gasteiger partial charge in [-0.1, -0.05) is 29.8 Å². The Balaban J connectivity index is 2.00. The maximum absolute atomic E-state index is 12.9. The van der Waals surface area contributed by atoms with Gasteiger partial charge in [-0.25, -0.2) is 4.79 Å². The Morgan fingerprint density at radius 1 is 1.19 bits per heavy atom. The number of allylic oxidation sites excluding steroid dienone is 2. The summed E-state index contributed by atoms with van der Waals surface area (Å²) in [6.45, 7) is 3.02. The van der Waals surface area contributed by atoms with Crippen molar-refractivity contribution in [3.05, 3.63) is 57.9 Å². The Bertz CT molecular complexity index is 895. The topological polar surface area (TPSA) is 75.7 Å². The Labute approximate surface area is 157 Å². The first-order valence-electron chi connectivity index (χ1n) is 9.24. The Hall–Kier alpha value is -2.89. The molecule has 0 saturated carbocycles. The Morgan fingerprint density at radius 2 is 1.93 bits per heavy atom. The number of methoxy groups -OCH3 is 1. The Morgan fingerprint density at radius 3 is 2.63 bits per heavy atom. The van der Waals surface area contributed by atoms with Crippen LogP contribution in [0.1, 0.15) is 36.3 Å². The minimum Gasteiger partial charge on any atom is -0.466 e. The van der Waals surface area contributed by atoms with E-state index in [1.54, 1.807) is 0 Å². The van der Waals surface area contributed by atoms with Gasteiger partial charge in [0.05, 0.1) is 12.7 Å². The number of piperazine rings is 1. The number of Topliss-reactive ketones (excluding diaryl/α,β-unsaturated/α-hetero) is 1. The van der Waals surface area contributed by atoms with E-state index in [1.165, 1.54) is 7.11 Å². The van der Waals surface area contributed by atoms with Gasteiger partial charge < -0.3 is 15.0 Å². The first kappa shape index (κ1) is 17.5. The van der Waals surface area contributed by atoms with E-state index in [1.807, 2.05) is 36.1 Å². The van der Waals surface area contributed by atoms with Crippen molar-refractivity contribution in [1.29, 1.82) is 0 Å². The van der Waals surface area contributed by atoms with Gasteiger partial charge in [-0.05, 0) is 25.3 Å². The zero-order valence-electron chi connectivity index (χ0n) is 15.5. The standard InChI is InChI=1S/C21H22N2O4/c1-12-6-8-13(9-7-12)16-17-14(4-3-5-15(17)24)23-11-10-22-20(25)19(23)18(16)21(26)27-2/h6-9,16H,3-5,10-11H2,1-2H3,(H,22,25). The second-order valence-corrected chi connectivity index (χ2v) is 7.14. The molecule has 1 saturated heterocycles. The number of ketones is 1. The minimum atomic E-state index is -0.573. The average Bonchev–Trinajstić information content (AvgIpc) is 2.68. The second kappa shape index (κ2) is 6.68. The normalized spacial score (nSPS) is 22.3. The molecule has 1 fully saturated rings. The van der Waals surface area contributed by atoms with E-state index in [2.05, 4.69) is 5.32 Å². The van der Waals surface area contributed by atoms with Crippen LogP contribution in [0.4, 0.5) is 0 Å². The number of ether oxygens (including phenoxy) is 1. The van der Waals surface area contributed by atoms with Gasteiger partial charge in [-0.15, -0.1) is 0 Å². The molecule has 0 bridgehead atoms. The lowest BCUT2D eigenvalue weighted by molar-refractivity contribution is -0.137. The molecule has 1 atom stereocenters. The van der Waals surface area contributed by atoms with Crippen LogP contribution in [0.3, 0.4) is 0 Å². The fourth-order valence-electron chi connectivity index (χ4n) is 4.29. The van der Waals surface area contributed by atoms with E-state index in [0.717, 1.165) is 29.7 Å². The van der Waals surface area contributed by atoms with Crippen LogP contribution < -0.4 is 5.32 Å². The van der Waals surface area contributed by atoms with Crippen LogP contribution in [0.25, 0.3) is 0 Å². The van der Waals surface area contributed by atoms with Gasteiger partial charge in [0.25, 0.3) is 5.91 Å². The van der Waals surface area contributed by atoms with Crippen molar-refractivity contribution in [2.45, 2.75) is 32.1 Å². The van der Waals surface area contributed by atoms with Crippen LogP contribution in [0.5, 0.6) is 0 Å². The molecule has 2 aliphatic heterocycles. The first-order chi connectivity index (χ1) is 13.0. The van der Waals surface area contributed by atoms with Crippen LogP contribution in [0, 0.1) is 6.92 Å². The molecule has 4 rings (SSSR count). The summed E-state index contributed by atoms with van der Waals surface area (Å²) in [6, 6.07) is 7.75. The first-order valence-corrected chi connectivity index (χ1v) is 9.24. The highest BCUT2D eigenvalue weighted by Gasteiger charge is 2.45. The van der Waals surface area contributed by atoms with E-state index < -0.39 is 11.9 Å². The number of aryl methyl sites for hydroxylation is 1. The monoisotopic (exact) mass is 366 g/mol. The molecule has 1 N–H and O–H groups in total. The maximum Gasteiger partial charge on any atom is 0.337 e. The SMILES string of the molecule is COC(=O)C1=C2C(=O)NCCN2C2=C(C(=O)CCC2)C1c1ccc(C)cc1. The molecule has 27 heavy (non-hydrogen) atoms. The van der Waals surface area contributed by atoms with Gasteiger partial charge >= 0.3 is 5.97 Å². The van der Waals surface area contributed by atoms with Gasteiger partial charge in [-0.3, -0.25) is 9.59 Å². The predicted molar refractivity (Wildman–Crippen MR) is 98.6 cm³/mol. The van der Waals surface area contributed by atoms with Crippen molar-refractivity contribution in [3.8, 4) is 0 Å². The highest BCUT2D eigenvalue weighted by molar-refractivity contribution is 6.09. The van der Waals surface area contributed by atoms with E-state index in [4.69, 9.17) is 4.74 Å². The zero-order chi connectivity index (χ0) is 19.1. The fraction of sp³-hybridized carbons (Fsp3) is 0.381. The number of benzene rings is 1. The molecule has 1 aliphatic carbocycles. The number of carbonyl (C=O) groups excluding carboxylic acids is 3. The number of rotatable bonds is 2. The molecule has 1 unspecified atom stereocenters. The number of hydrogen-bond acceptors (Lipinski definition) is 5. The predicted octanol–water partition coefficient (Wildman–Crippen LogP) is 1.96. The highest BCUT2D eigenvalue weighted by Crippen LogP contribution is 2.46. The molecule has 3 aliphatic rings. The van der Waals surface area contributed by atoms with Gasteiger partial charge in [0.2, 0.25) is 0 Å². The van der Waals surface area contributed by atoms with Crippen LogP contribution in [-0.4, -0.2) is 42.8 Å². The van der Waals surface area contributed by atoms with Crippen LogP contribution in [-0.2, 0) is 19.1 Å². The van der Waals surface area contributed by atoms with Gasteiger partial charge in [-0.2, -0.15) is 0 Å². The van der Waals surface area contributed by atoms with Crippen molar-refractivity contribution < 1.29 is 19.1 Å². The number of amides is 1. The van der Waals surface area contributed by atoms with E-state index in [0.29, 0.717) is 30.8 Å². The minimum absolute atomic E-state index is 0.0493.